The van der Waals surface area contributed by atoms with Crippen LogP contribution in [0, 0.1) is 0 Å². The van der Waals surface area contributed by atoms with Gasteiger partial charge in [0, 0.05) is 6.54 Å². The Morgan fingerprint density at radius 1 is 0.528 bits per heavy atom. The zero-order chi connectivity index (χ0) is 26.4. The van der Waals surface area contributed by atoms with Crippen LogP contribution in [0.5, 0.6) is 0 Å². The minimum atomic E-state index is 0.411. The van der Waals surface area contributed by atoms with Gasteiger partial charge in [-0.25, -0.2) is 0 Å². The Hall–Kier alpha value is -1.02. The van der Waals surface area contributed by atoms with Crippen LogP contribution < -0.4 is 0 Å². The molecule has 0 aliphatic heterocycles. The van der Waals surface area contributed by atoms with Crippen molar-refractivity contribution >= 4 is 0 Å². The standard InChI is InChI=1S/C34H65NO/c1-5-7-9-11-13-15-16-17-18-19-20-21-22-24-26-28-31-34(36-33-29-32-35(3)4)30-27-25-23-14-12-10-8-6-2/h13,15,17-18,29,33-34H,5-12,14,16,19-28,30-32H2,1-4H3. The second-order valence-electron chi connectivity index (χ2n) is 11.0. The van der Waals surface area contributed by atoms with Crippen LogP contribution in [0.1, 0.15) is 155 Å². The first-order valence-corrected chi connectivity index (χ1v) is 16.0. The number of hydrogen-bond donors (Lipinski definition) is 0. The third kappa shape index (κ3) is 29.2. The van der Waals surface area contributed by atoms with E-state index >= 15 is 0 Å². The minimum absolute atomic E-state index is 0.411. The van der Waals surface area contributed by atoms with E-state index in [1.165, 1.54) is 135 Å². The Morgan fingerprint density at radius 3 is 1.50 bits per heavy atom. The average Bonchev–Trinajstić information content (AvgIpc) is 2.87. The predicted octanol–water partition coefficient (Wildman–Crippen LogP) is 11.2. The Kier molecular flexibility index (Phi) is 29.3. The normalized spacial score (nSPS) is 13.1. The monoisotopic (exact) mass is 504 g/mol. The van der Waals surface area contributed by atoms with Gasteiger partial charge in [-0.05, 0) is 78.0 Å². The van der Waals surface area contributed by atoms with E-state index < -0.39 is 0 Å². The van der Waals surface area contributed by atoms with Gasteiger partial charge in [-0.15, -0.1) is 0 Å². The third-order valence-electron chi connectivity index (χ3n) is 6.94. The van der Waals surface area contributed by atoms with Crippen molar-refractivity contribution in [1.82, 2.24) is 4.90 Å². The second kappa shape index (κ2) is 30.2. The molecule has 2 heteroatoms. The minimum Gasteiger partial charge on any atom is -0.498 e. The van der Waals surface area contributed by atoms with Crippen molar-refractivity contribution in [3.05, 3.63) is 36.6 Å². The molecule has 0 saturated carbocycles. The first-order valence-electron chi connectivity index (χ1n) is 16.0. The van der Waals surface area contributed by atoms with Crippen LogP contribution in [-0.2, 0) is 4.74 Å². The summed E-state index contributed by atoms with van der Waals surface area (Å²) in [6.07, 6.45) is 43.3. The van der Waals surface area contributed by atoms with E-state index in [1.807, 2.05) is 6.26 Å². The maximum absolute atomic E-state index is 6.16. The predicted molar refractivity (Wildman–Crippen MR) is 164 cm³/mol. The van der Waals surface area contributed by atoms with Gasteiger partial charge in [0.15, 0.2) is 0 Å². The molecule has 0 N–H and O–H groups in total. The van der Waals surface area contributed by atoms with Crippen LogP contribution in [-0.4, -0.2) is 31.6 Å². The zero-order valence-corrected chi connectivity index (χ0v) is 25.2. The summed E-state index contributed by atoms with van der Waals surface area (Å²) in [5, 5.41) is 0. The lowest BCUT2D eigenvalue weighted by molar-refractivity contribution is 0.120. The van der Waals surface area contributed by atoms with E-state index in [-0.39, 0.29) is 0 Å². The van der Waals surface area contributed by atoms with Crippen molar-refractivity contribution in [2.24, 2.45) is 0 Å². The summed E-state index contributed by atoms with van der Waals surface area (Å²) in [6, 6.07) is 0. The first kappa shape index (κ1) is 35.0. The fourth-order valence-corrected chi connectivity index (χ4v) is 4.57. The molecule has 36 heavy (non-hydrogen) atoms. The zero-order valence-electron chi connectivity index (χ0n) is 25.2. The fraction of sp³-hybridized carbons (Fsp3) is 0.824. The molecule has 0 aliphatic carbocycles. The molecule has 0 saturated heterocycles. The molecule has 0 aromatic carbocycles. The molecule has 1 unspecified atom stereocenters. The van der Waals surface area contributed by atoms with Gasteiger partial charge in [0.05, 0.1) is 12.4 Å². The Morgan fingerprint density at radius 2 is 0.972 bits per heavy atom. The van der Waals surface area contributed by atoms with Crippen molar-refractivity contribution in [3.63, 3.8) is 0 Å². The molecule has 0 heterocycles. The van der Waals surface area contributed by atoms with Gasteiger partial charge in [-0.1, -0.05) is 122 Å². The number of unbranched alkanes of at least 4 members (excludes halogenated alkanes) is 16. The summed E-state index contributed by atoms with van der Waals surface area (Å²) in [6.45, 7) is 5.52. The highest BCUT2D eigenvalue weighted by molar-refractivity contribution is 4.92. The molecule has 0 aromatic rings. The van der Waals surface area contributed by atoms with Crippen LogP contribution in [0.2, 0.25) is 0 Å². The van der Waals surface area contributed by atoms with Gasteiger partial charge < -0.3 is 9.64 Å². The molecule has 212 valence electrons. The highest BCUT2D eigenvalue weighted by Gasteiger charge is 2.08. The summed E-state index contributed by atoms with van der Waals surface area (Å²) >= 11 is 0. The van der Waals surface area contributed by atoms with Gasteiger partial charge in [0.1, 0.15) is 0 Å². The Balaban J connectivity index is 3.81. The van der Waals surface area contributed by atoms with Crippen LogP contribution in [0.15, 0.2) is 36.6 Å². The number of nitrogens with zero attached hydrogens (tertiary/aromatic N) is 1. The van der Waals surface area contributed by atoms with E-state index in [0.29, 0.717) is 6.10 Å². The van der Waals surface area contributed by atoms with Crippen molar-refractivity contribution in [1.29, 1.82) is 0 Å². The molecule has 2 nitrogen and oxygen atoms in total. The highest BCUT2D eigenvalue weighted by atomic mass is 16.5. The SMILES string of the molecule is CCCCCC=CCC=CCCCCCCCCC(CCCCCCCCCC)OC=CCN(C)C. The molecular weight excluding hydrogens is 438 g/mol. The van der Waals surface area contributed by atoms with E-state index in [4.69, 9.17) is 4.74 Å². The molecule has 0 bridgehead atoms. The van der Waals surface area contributed by atoms with Gasteiger partial charge in [0.2, 0.25) is 0 Å². The lowest BCUT2D eigenvalue weighted by Crippen LogP contribution is -2.12. The van der Waals surface area contributed by atoms with Crippen molar-refractivity contribution in [2.45, 2.75) is 161 Å². The molecule has 0 radical (unpaired) electrons. The van der Waals surface area contributed by atoms with E-state index in [0.717, 1.165) is 13.0 Å². The maximum Gasteiger partial charge on any atom is 0.0978 e. The molecule has 0 amide bonds. The van der Waals surface area contributed by atoms with Gasteiger partial charge >= 0.3 is 0 Å². The third-order valence-corrected chi connectivity index (χ3v) is 6.94. The quantitative estimate of drug-likeness (QED) is 0.0598. The van der Waals surface area contributed by atoms with Gasteiger partial charge in [-0.2, -0.15) is 0 Å². The lowest BCUT2D eigenvalue weighted by atomic mass is 10.0. The number of hydrogen-bond acceptors (Lipinski definition) is 2. The summed E-state index contributed by atoms with van der Waals surface area (Å²) in [5.41, 5.74) is 0. The van der Waals surface area contributed by atoms with Gasteiger partial charge in [0.25, 0.3) is 0 Å². The summed E-state index contributed by atoms with van der Waals surface area (Å²) in [4.78, 5) is 2.18. The van der Waals surface area contributed by atoms with Crippen molar-refractivity contribution in [3.8, 4) is 0 Å². The topological polar surface area (TPSA) is 12.5 Å². The van der Waals surface area contributed by atoms with Gasteiger partial charge in [-0.3, -0.25) is 0 Å². The lowest BCUT2D eigenvalue weighted by Gasteiger charge is -2.17. The van der Waals surface area contributed by atoms with Crippen LogP contribution >= 0.6 is 0 Å². The highest BCUT2D eigenvalue weighted by Crippen LogP contribution is 2.17. The molecule has 0 fully saturated rings. The van der Waals surface area contributed by atoms with Crippen molar-refractivity contribution < 1.29 is 4.74 Å². The molecule has 0 spiro atoms. The number of ether oxygens (including phenoxy) is 1. The number of allylic oxidation sites excluding steroid dienone is 4. The second-order valence-corrected chi connectivity index (χ2v) is 11.0. The largest absolute Gasteiger partial charge is 0.498 e. The Labute approximate surface area is 228 Å². The molecule has 1 atom stereocenters. The average molecular weight is 504 g/mol. The molecule has 0 rings (SSSR count). The Bertz CT molecular complexity index is 493. The summed E-state index contributed by atoms with van der Waals surface area (Å²) < 4.78 is 6.16. The summed E-state index contributed by atoms with van der Waals surface area (Å²) in [5.74, 6) is 0. The van der Waals surface area contributed by atoms with E-state index in [9.17, 15) is 0 Å². The van der Waals surface area contributed by atoms with Crippen LogP contribution in [0.4, 0.5) is 0 Å². The molecule has 0 aromatic heterocycles. The van der Waals surface area contributed by atoms with E-state index in [2.05, 4.69) is 63.2 Å². The molecular formula is C34H65NO. The fourth-order valence-electron chi connectivity index (χ4n) is 4.57. The maximum atomic E-state index is 6.16. The number of likely N-dealkylation sites (N-methyl/N-ethyl adjacent to an activating group) is 1. The first-order chi connectivity index (χ1) is 17.7. The van der Waals surface area contributed by atoms with Crippen LogP contribution in [0.3, 0.4) is 0 Å². The smallest absolute Gasteiger partial charge is 0.0978 e. The van der Waals surface area contributed by atoms with Crippen LogP contribution in [0.25, 0.3) is 0 Å². The number of rotatable bonds is 28. The van der Waals surface area contributed by atoms with E-state index in [1.54, 1.807) is 0 Å². The van der Waals surface area contributed by atoms with Crippen molar-refractivity contribution in [2.75, 3.05) is 20.6 Å². The molecule has 0 aliphatic rings. The summed E-state index contributed by atoms with van der Waals surface area (Å²) in [7, 11) is 4.21.